The molecule has 2 aromatic carbocycles. The Hall–Kier alpha value is -2.15. The fourth-order valence-electron chi connectivity index (χ4n) is 2.35. The molecule has 0 radical (unpaired) electrons. The number of hydrogen-bond acceptors (Lipinski definition) is 1. The lowest BCUT2D eigenvalue weighted by molar-refractivity contribution is 0.112. The van der Waals surface area contributed by atoms with Crippen LogP contribution in [0.15, 0.2) is 54.6 Å². The summed E-state index contributed by atoms with van der Waals surface area (Å²) in [6.07, 6.45) is 8.12. The standard InChI is InChI=1S/C16H12O/c17-11-16-14-8-4-3-7-13(14)9-10-15(16)12-5-1-2-6-12/h1-5,7-11H,6H2. The van der Waals surface area contributed by atoms with E-state index in [1.807, 2.05) is 36.4 Å². The molecule has 0 heterocycles. The van der Waals surface area contributed by atoms with Crippen LogP contribution >= 0.6 is 0 Å². The van der Waals surface area contributed by atoms with Crippen LogP contribution in [0.4, 0.5) is 0 Å². The largest absolute Gasteiger partial charge is 0.298 e. The predicted molar refractivity (Wildman–Crippen MR) is 71.1 cm³/mol. The molecule has 0 atom stereocenters. The summed E-state index contributed by atoms with van der Waals surface area (Å²) in [4.78, 5) is 11.4. The van der Waals surface area contributed by atoms with E-state index in [4.69, 9.17) is 0 Å². The number of hydrogen-bond donors (Lipinski definition) is 0. The van der Waals surface area contributed by atoms with Gasteiger partial charge < -0.3 is 0 Å². The van der Waals surface area contributed by atoms with Crippen molar-refractivity contribution in [2.45, 2.75) is 6.42 Å². The van der Waals surface area contributed by atoms with Crippen LogP contribution in [0, 0.1) is 0 Å². The Bertz CT molecular complexity index is 648. The highest BCUT2D eigenvalue weighted by Gasteiger charge is 2.11. The minimum absolute atomic E-state index is 0.804. The highest BCUT2D eigenvalue weighted by molar-refractivity contribution is 6.03. The van der Waals surface area contributed by atoms with Gasteiger partial charge in [0.25, 0.3) is 0 Å². The molecular formula is C16H12O. The number of rotatable bonds is 2. The summed E-state index contributed by atoms with van der Waals surface area (Å²) in [5.41, 5.74) is 3.08. The monoisotopic (exact) mass is 220 g/mol. The van der Waals surface area contributed by atoms with Crippen molar-refractivity contribution in [2.75, 3.05) is 0 Å². The van der Waals surface area contributed by atoms with Gasteiger partial charge in [-0.3, -0.25) is 4.79 Å². The van der Waals surface area contributed by atoms with Crippen molar-refractivity contribution in [2.24, 2.45) is 0 Å². The van der Waals surface area contributed by atoms with Gasteiger partial charge in [-0.1, -0.05) is 54.6 Å². The Morgan fingerprint density at radius 1 is 1.06 bits per heavy atom. The summed E-state index contributed by atoms with van der Waals surface area (Å²) in [6.45, 7) is 0. The molecule has 0 amide bonds. The van der Waals surface area contributed by atoms with Gasteiger partial charge in [0, 0.05) is 5.56 Å². The summed E-state index contributed by atoms with van der Waals surface area (Å²) < 4.78 is 0. The number of aldehydes is 1. The maximum atomic E-state index is 11.4. The second kappa shape index (κ2) is 4.02. The quantitative estimate of drug-likeness (QED) is 0.699. The minimum atomic E-state index is 0.804. The second-order valence-corrected chi connectivity index (χ2v) is 4.19. The summed E-state index contributed by atoms with van der Waals surface area (Å²) in [6, 6.07) is 12.1. The highest BCUT2D eigenvalue weighted by atomic mass is 16.1. The molecule has 0 aliphatic heterocycles. The topological polar surface area (TPSA) is 17.1 Å². The van der Waals surface area contributed by atoms with Gasteiger partial charge in [0.1, 0.15) is 0 Å². The molecule has 82 valence electrons. The maximum Gasteiger partial charge on any atom is 0.151 e. The van der Waals surface area contributed by atoms with Crippen molar-refractivity contribution < 1.29 is 4.79 Å². The Kier molecular flexibility index (Phi) is 2.37. The van der Waals surface area contributed by atoms with E-state index in [1.165, 1.54) is 5.57 Å². The normalized spacial score (nSPS) is 14.0. The fraction of sp³-hybridized carbons (Fsp3) is 0.0625. The van der Waals surface area contributed by atoms with E-state index >= 15 is 0 Å². The van der Waals surface area contributed by atoms with Gasteiger partial charge in [0.2, 0.25) is 0 Å². The second-order valence-electron chi connectivity index (χ2n) is 4.19. The van der Waals surface area contributed by atoms with E-state index in [2.05, 4.69) is 18.2 Å². The van der Waals surface area contributed by atoms with E-state index in [0.717, 1.165) is 34.6 Å². The zero-order valence-corrected chi connectivity index (χ0v) is 9.39. The van der Waals surface area contributed by atoms with Crippen molar-refractivity contribution >= 4 is 22.6 Å². The van der Waals surface area contributed by atoms with Gasteiger partial charge in [-0.15, -0.1) is 0 Å². The average molecular weight is 220 g/mol. The minimum Gasteiger partial charge on any atom is -0.298 e. The molecule has 1 aliphatic carbocycles. The Labute approximate surface area is 100 Å². The third-order valence-electron chi connectivity index (χ3n) is 3.21. The van der Waals surface area contributed by atoms with Gasteiger partial charge in [0.15, 0.2) is 6.29 Å². The van der Waals surface area contributed by atoms with Gasteiger partial charge in [-0.25, -0.2) is 0 Å². The van der Waals surface area contributed by atoms with Crippen LogP contribution in [-0.4, -0.2) is 6.29 Å². The van der Waals surface area contributed by atoms with Crippen LogP contribution in [-0.2, 0) is 0 Å². The first-order chi connectivity index (χ1) is 8.40. The summed E-state index contributed by atoms with van der Waals surface area (Å²) in [7, 11) is 0. The van der Waals surface area contributed by atoms with E-state index < -0.39 is 0 Å². The molecule has 0 saturated heterocycles. The molecule has 0 saturated carbocycles. The Morgan fingerprint density at radius 2 is 1.94 bits per heavy atom. The molecule has 17 heavy (non-hydrogen) atoms. The molecule has 1 heteroatoms. The molecular weight excluding hydrogens is 208 g/mol. The first-order valence-corrected chi connectivity index (χ1v) is 5.73. The predicted octanol–water partition coefficient (Wildman–Crippen LogP) is 4.00. The van der Waals surface area contributed by atoms with Crippen LogP contribution in [0.1, 0.15) is 22.3 Å². The highest BCUT2D eigenvalue weighted by Crippen LogP contribution is 2.30. The zero-order valence-electron chi connectivity index (χ0n) is 9.39. The molecule has 0 aromatic heterocycles. The third kappa shape index (κ3) is 1.60. The van der Waals surface area contributed by atoms with Crippen LogP contribution in [0.2, 0.25) is 0 Å². The number of carbonyl (C=O) groups excluding carboxylic acids is 1. The Balaban J connectivity index is 2.29. The van der Waals surface area contributed by atoms with Crippen molar-refractivity contribution in [1.82, 2.24) is 0 Å². The van der Waals surface area contributed by atoms with E-state index in [1.54, 1.807) is 0 Å². The molecule has 0 spiro atoms. The van der Waals surface area contributed by atoms with E-state index in [0.29, 0.717) is 0 Å². The number of allylic oxidation sites excluding steroid dienone is 4. The van der Waals surface area contributed by atoms with E-state index in [-0.39, 0.29) is 0 Å². The van der Waals surface area contributed by atoms with Crippen LogP contribution < -0.4 is 0 Å². The van der Waals surface area contributed by atoms with E-state index in [9.17, 15) is 4.79 Å². The number of carbonyl (C=O) groups is 1. The summed E-state index contributed by atoms with van der Waals surface area (Å²) >= 11 is 0. The lowest BCUT2D eigenvalue weighted by Crippen LogP contribution is -1.92. The smallest absolute Gasteiger partial charge is 0.151 e. The molecule has 0 N–H and O–H groups in total. The Morgan fingerprint density at radius 3 is 2.71 bits per heavy atom. The lowest BCUT2D eigenvalue weighted by Gasteiger charge is -2.09. The van der Waals surface area contributed by atoms with Crippen LogP contribution in [0.3, 0.4) is 0 Å². The molecule has 3 rings (SSSR count). The fourth-order valence-corrected chi connectivity index (χ4v) is 2.35. The molecule has 1 nitrogen and oxygen atoms in total. The van der Waals surface area contributed by atoms with Crippen molar-refractivity contribution in [3.63, 3.8) is 0 Å². The average Bonchev–Trinajstić information content (AvgIpc) is 2.91. The van der Waals surface area contributed by atoms with Gasteiger partial charge in [-0.2, -0.15) is 0 Å². The molecule has 0 unspecified atom stereocenters. The SMILES string of the molecule is O=Cc1c(C2=CC=CC2)ccc2ccccc12. The van der Waals surface area contributed by atoms with Crippen molar-refractivity contribution in [3.8, 4) is 0 Å². The molecule has 2 aromatic rings. The van der Waals surface area contributed by atoms with Crippen LogP contribution in [0.5, 0.6) is 0 Å². The zero-order chi connectivity index (χ0) is 11.7. The third-order valence-corrected chi connectivity index (χ3v) is 3.21. The number of benzene rings is 2. The molecule has 0 bridgehead atoms. The van der Waals surface area contributed by atoms with Gasteiger partial charge in [-0.05, 0) is 28.3 Å². The first kappa shape index (κ1) is 10.0. The molecule has 1 aliphatic rings. The van der Waals surface area contributed by atoms with Crippen molar-refractivity contribution in [1.29, 1.82) is 0 Å². The molecule has 0 fully saturated rings. The maximum absolute atomic E-state index is 11.4. The number of fused-ring (bicyclic) bond motifs is 1. The first-order valence-electron chi connectivity index (χ1n) is 5.73. The summed E-state index contributed by atoms with van der Waals surface area (Å²) in [5, 5.41) is 2.15. The van der Waals surface area contributed by atoms with Crippen molar-refractivity contribution in [3.05, 3.63) is 65.8 Å². The summed E-state index contributed by atoms with van der Waals surface area (Å²) in [5.74, 6) is 0. The van der Waals surface area contributed by atoms with Crippen LogP contribution in [0.25, 0.3) is 16.3 Å². The van der Waals surface area contributed by atoms with Gasteiger partial charge in [0.05, 0.1) is 0 Å². The lowest BCUT2D eigenvalue weighted by atomic mass is 9.94. The van der Waals surface area contributed by atoms with Gasteiger partial charge >= 0.3 is 0 Å².